The van der Waals surface area contributed by atoms with E-state index >= 15 is 0 Å². The highest BCUT2D eigenvalue weighted by molar-refractivity contribution is 5.46. The van der Waals surface area contributed by atoms with Crippen molar-refractivity contribution in [3.05, 3.63) is 65.5 Å². The van der Waals surface area contributed by atoms with Crippen LogP contribution in [-0.4, -0.2) is 18.5 Å². The summed E-state index contributed by atoms with van der Waals surface area (Å²) < 4.78 is 13.8. The fraction of sp³-hybridized carbons (Fsp3) is 0.333. The van der Waals surface area contributed by atoms with E-state index in [1.165, 1.54) is 11.6 Å². The van der Waals surface area contributed by atoms with E-state index in [1.54, 1.807) is 6.07 Å². The Bertz CT molecular complexity index is 583. The van der Waals surface area contributed by atoms with Crippen LogP contribution in [0, 0.1) is 5.82 Å². The molecule has 0 heterocycles. The number of benzene rings is 2. The molecule has 2 nitrogen and oxygen atoms in total. The van der Waals surface area contributed by atoms with Crippen LogP contribution in [0.15, 0.2) is 48.5 Å². The Hall–Kier alpha value is -1.87. The number of aryl methyl sites for hydroxylation is 1. The molecule has 21 heavy (non-hydrogen) atoms. The van der Waals surface area contributed by atoms with E-state index in [9.17, 15) is 4.39 Å². The summed E-state index contributed by atoms with van der Waals surface area (Å²) in [5.41, 5.74) is 8.73. The first-order chi connectivity index (χ1) is 10.1. The number of nitrogens with two attached hydrogens (primary N) is 1. The SMILES string of the molecule is CC(c1ccccc1F)N(C)CCCc1ccccc1N. The van der Waals surface area contributed by atoms with Gasteiger partial charge in [0.05, 0.1) is 0 Å². The quantitative estimate of drug-likeness (QED) is 0.812. The van der Waals surface area contributed by atoms with Gasteiger partial charge in [-0.3, -0.25) is 4.90 Å². The van der Waals surface area contributed by atoms with Crippen molar-refractivity contribution in [1.29, 1.82) is 0 Å². The summed E-state index contributed by atoms with van der Waals surface area (Å²) in [5, 5.41) is 0. The van der Waals surface area contributed by atoms with Gasteiger partial charge in [-0.1, -0.05) is 36.4 Å². The van der Waals surface area contributed by atoms with Gasteiger partial charge in [-0.05, 0) is 51.1 Å². The van der Waals surface area contributed by atoms with E-state index in [4.69, 9.17) is 5.73 Å². The zero-order chi connectivity index (χ0) is 15.2. The van der Waals surface area contributed by atoms with Crippen molar-refractivity contribution in [2.45, 2.75) is 25.8 Å². The number of halogens is 1. The number of rotatable bonds is 6. The molecule has 2 rings (SSSR count). The zero-order valence-corrected chi connectivity index (χ0v) is 12.7. The second-order valence-corrected chi connectivity index (χ2v) is 5.48. The molecule has 0 saturated heterocycles. The predicted octanol–water partition coefficient (Wildman–Crippen LogP) is 4.03. The van der Waals surface area contributed by atoms with Gasteiger partial charge in [0.25, 0.3) is 0 Å². The van der Waals surface area contributed by atoms with Crippen molar-refractivity contribution in [2.24, 2.45) is 0 Å². The summed E-state index contributed by atoms with van der Waals surface area (Å²) in [6.45, 7) is 2.94. The average molecular weight is 286 g/mol. The first-order valence-corrected chi connectivity index (χ1v) is 7.37. The lowest BCUT2D eigenvalue weighted by Crippen LogP contribution is -2.24. The third-order valence-corrected chi connectivity index (χ3v) is 4.03. The highest BCUT2D eigenvalue weighted by Crippen LogP contribution is 2.22. The van der Waals surface area contributed by atoms with Crippen molar-refractivity contribution in [1.82, 2.24) is 4.90 Å². The van der Waals surface area contributed by atoms with Crippen LogP contribution in [0.5, 0.6) is 0 Å². The van der Waals surface area contributed by atoms with E-state index in [0.29, 0.717) is 0 Å². The number of hydrogen-bond donors (Lipinski definition) is 1. The van der Waals surface area contributed by atoms with Crippen LogP contribution in [-0.2, 0) is 6.42 Å². The van der Waals surface area contributed by atoms with Crippen LogP contribution in [0.25, 0.3) is 0 Å². The fourth-order valence-corrected chi connectivity index (χ4v) is 2.53. The molecule has 1 unspecified atom stereocenters. The van der Waals surface area contributed by atoms with Crippen LogP contribution in [0.4, 0.5) is 10.1 Å². The Kier molecular flexibility index (Phi) is 5.34. The van der Waals surface area contributed by atoms with Crippen molar-refractivity contribution < 1.29 is 4.39 Å². The number of hydrogen-bond acceptors (Lipinski definition) is 2. The lowest BCUT2D eigenvalue weighted by atomic mass is 10.0. The summed E-state index contributed by atoms with van der Waals surface area (Å²) in [5.74, 6) is -0.135. The molecule has 0 fully saturated rings. The molecule has 2 N–H and O–H groups in total. The van der Waals surface area contributed by atoms with Crippen LogP contribution in [0.1, 0.15) is 30.5 Å². The van der Waals surface area contributed by atoms with Gasteiger partial charge in [0.1, 0.15) is 5.82 Å². The molecule has 0 spiro atoms. The third-order valence-electron chi connectivity index (χ3n) is 4.03. The standard InChI is InChI=1S/C18H23FN2/c1-14(16-10-4-5-11-17(16)19)21(2)13-7-9-15-8-3-6-12-18(15)20/h3-6,8,10-12,14H,7,9,13,20H2,1-2H3. The van der Waals surface area contributed by atoms with Gasteiger partial charge in [0, 0.05) is 17.3 Å². The smallest absolute Gasteiger partial charge is 0.127 e. The topological polar surface area (TPSA) is 29.3 Å². The summed E-state index contributed by atoms with van der Waals surface area (Å²) >= 11 is 0. The molecule has 0 aliphatic carbocycles. The van der Waals surface area contributed by atoms with Gasteiger partial charge < -0.3 is 5.73 Å². The molecule has 2 aromatic rings. The minimum atomic E-state index is -0.135. The molecule has 0 aliphatic heterocycles. The van der Waals surface area contributed by atoms with Gasteiger partial charge in [-0.2, -0.15) is 0 Å². The first-order valence-electron chi connectivity index (χ1n) is 7.37. The number of nitrogen functional groups attached to an aromatic ring is 1. The van der Waals surface area contributed by atoms with E-state index in [1.807, 2.05) is 44.3 Å². The van der Waals surface area contributed by atoms with Gasteiger partial charge in [-0.15, -0.1) is 0 Å². The van der Waals surface area contributed by atoms with Crippen LogP contribution in [0.2, 0.25) is 0 Å². The monoisotopic (exact) mass is 286 g/mol. The van der Waals surface area contributed by atoms with Crippen LogP contribution < -0.4 is 5.73 Å². The summed E-state index contributed by atoms with van der Waals surface area (Å²) in [6, 6.07) is 15.0. The Labute approximate surface area is 126 Å². The molecule has 0 radical (unpaired) electrons. The molecule has 0 bridgehead atoms. The minimum Gasteiger partial charge on any atom is -0.399 e. The van der Waals surface area contributed by atoms with Crippen LogP contribution in [0.3, 0.4) is 0 Å². The molecular weight excluding hydrogens is 263 g/mol. The van der Waals surface area contributed by atoms with Gasteiger partial charge in [0.15, 0.2) is 0 Å². The highest BCUT2D eigenvalue weighted by atomic mass is 19.1. The van der Waals surface area contributed by atoms with Gasteiger partial charge in [-0.25, -0.2) is 4.39 Å². The lowest BCUT2D eigenvalue weighted by molar-refractivity contribution is 0.253. The first kappa shape index (κ1) is 15.5. The molecular formula is C18H23FN2. The molecule has 0 aliphatic rings. The predicted molar refractivity (Wildman–Crippen MR) is 86.6 cm³/mol. The van der Waals surface area contributed by atoms with Crippen LogP contribution >= 0.6 is 0 Å². The van der Waals surface area contributed by atoms with Crippen molar-refractivity contribution in [3.8, 4) is 0 Å². The normalized spacial score (nSPS) is 12.6. The molecule has 0 amide bonds. The third kappa shape index (κ3) is 4.05. The summed E-state index contributed by atoms with van der Waals surface area (Å²) in [4.78, 5) is 2.18. The molecule has 112 valence electrons. The fourth-order valence-electron chi connectivity index (χ4n) is 2.53. The van der Waals surface area contributed by atoms with Gasteiger partial charge in [0.2, 0.25) is 0 Å². The highest BCUT2D eigenvalue weighted by Gasteiger charge is 2.14. The van der Waals surface area contributed by atoms with Crippen molar-refractivity contribution in [2.75, 3.05) is 19.3 Å². The maximum absolute atomic E-state index is 13.8. The Morgan fingerprint density at radius 1 is 1.10 bits per heavy atom. The molecule has 0 saturated carbocycles. The van der Waals surface area contributed by atoms with Gasteiger partial charge >= 0.3 is 0 Å². The maximum Gasteiger partial charge on any atom is 0.127 e. The molecule has 0 aromatic heterocycles. The second kappa shape index (κ2) is 7.23. The molecule has 1 atom stereocenters. The second-order valence-electron chi connectivity index (χ2n) is 5.48. The van der Waals surface area contributed by atoms with Crippen molar-refractivity contribution >= 4 is 5.69 Å². The van der Waals surface area contributed by atoms with E-state index in [0.717, 1.165) is 30.6 Å². The Morgan fingerprint density at radius 3 is 2.48 bits per heavy atom. The largest absolute Gasteiger partial charge is 0.399 e. The van der Waals surface area contributed by atoms with E-state index in [-0.39, 0.29) is 11.9 Å². The number of para-hydroxylation sites is 1. The molecule has 3 heteroatoms. The Morgan fingerprint density at radius 2 is 1.76 bits per heavy atom. The van der Waals surface area contributed by atoms with Crippen molar-refractivity contribution in [3.63, 3.8) is 0 Å². The maximum atomic E-state index is 13.8. The van der Waals surface area contributed by atoms with E-state index < -0.39 is 0 Å². The summed E-state index contributed by atoms with van der Waals surface area (Å²) in [7, 11) is 2.03. The lowest BCUT2D eigenvalue weighted by Gasteiger charge is -2.25. The van der Waals surface area contributed by atoms with E-state index in [2.05, 4.69) is 11.0 Å². The Balaban J connectivity index is 1.89. The zero-order valence-electron chi connectivity index (χ0n) is 12.7. The molecule has 2 aromatic carbocycles. The minimum absolute atomic E-state index is 0.0688. The number of nitrogens with zero attached hydrogens (tertiary/aromatic N) is 1. The summed E-state index contributed by atoms with van der Waals surface area (Å²) in [6.07, 6.45) is 1.95. The average Bonchev–Trinajstić information content (AvgIpc) is 2.49. The number of anilines is 1.